The molecule has 2 aliphatic rings. The number of fused-ring (bicyclic) bond motifs is 4. The molecular formula is C23H25N3. The molecule has 0 amide bonds. The first-order valence-electron chi connectivity index (χ1n) is 9.58. The van der Waals surface area contributed by atoms with Gasteiger partial charge in [-0.3, -0.25) is 4.98 Å². The Morgan fingerprint density at radius 2 is 1.92 bits per heavy atom. The maximum Gasteiger partial charge on any atom is 0.0529 e. The summed E-state index contributed by atoms with van der Waals surface area (Å²) >= 11 is 0. The number of likely N-dealkylation sites (N-methyl/N-ethyl adjacent to an activating group) is 1. The lowest BCUT2D eigenvalue weighted by atomic mass is 10.0. The van der Waals surface area contributed by atoms with Gasteiger partial charge in [-0.05, 0) is 63.1 Å². The molecule has 0 fully saturated rings. The summed E-state index contributed by atoms with van der Waals surface area (Å²) in [6, 6.07) is 11.3. The molecule has 0 unspecified atom stereocenters. The largest absolute Gasteiger partial charge is 0.320 e. The Hall–Kier alpha value is -2.39. The van der Waals surface area contributed by atoms with Crippen LogP contribution in [0.25, 0.3) is 22.7 Å². The van der Waals surface area contributed by atoms with Crippen molar-refractivity contribution in [2.45, 2.75) is 39.7 Å². The number of rotatable bonds is 1. The molecule has 0 radical (unpaired) electrons. The number of aromatic nitrogens is 2. The first-order valence-corrected chi connectivity index (χ1v) is 9.58. The quantitative estimate of drug-likeness (QED) is 0.644. The number of nitrogens with zero attached hydrogens (tertiary/aromatic N) is 3. The molecule has 3 heteroatoms. The van der Waals surface area contributed by atoms with Gasteiger partial charge in [0.25, 0.3) is 0 Å². The summed E-state index contributed by atoms with van der Waals surface area (Å²) < 4.78 is 2.47. The van der Waals surface area contributed by atoms with Crippen LogP contribution in [0.5, 0.6) is 0 Å². The molecule has 26 heavy (non-hydrogen) atoms. The van der Waals surface area contributed by atoms with Crippen LogP contribution in [0.1, 0.15) is 40.2 Å². The highest BCUT2D eigenvalue weighted by Crippen LogP contribution is 2.36. The van der Waals surface area contributed by atoms with Crippen LogP contribution in [-0.4, -0.2) is 28.0 Å². The smallest absolute Gasteiger partial charge is 0.0529 e. The maximum absolute atomic E-state index is 4.75. The van der Waals surface area contributed by atoms with Gasteiger partial charge in [0.05, 0.1) is 5.52 Å². The summed E-state index contributed by atoms with van der Waals surface area (Å²) in [6.07, 6.45) is 5.66. The van der Waals surface area contributed by atoms with Crippen molar-refractivity contribution in [3.8, 4) is 0 Å². The van der Waals surface area contributed by atoms with Crippen LogP contribution < -0.4 is 0 Å². The van der Waals surface area contributed by atoms with Crippen LogP contribution in [0.3, 0.4) is 0 Å². The molecule has 1 aliphatic heterocycles. The molecular weight excluding hydrogens is 318 g/mol. The van der Waals surface area contributed by atoms with E-state index in [-0.39, 0.29) is 0 Å². The van der Waals surface area contributed by atoms with Gasteiger partial charge in [-0.2, -0.15) is 0 Å². The molecule has 1 aliphatic carbocycles. The van der Waals surface area contributed by atoms with Crippen molar-refractivity contribution in [2.75, 3.05) is 13.6 Å². The second-order valence-corrected chi connectivity index (χ2v) is 7.90. The minimum absolute atomic E-state index is 1.04. The molecule has 1 aromatic carbocycles. The van der Waals surface area contributed by atoms with E-state index in [1.807, 2.05) is 0 Å². The van der Waals surface area contributed by atoms with Gasteiger partial charge in [0, 0.05) is 53.7 Å². The zero-order valence-corrected chi connectivity index (χ0v) is 15.8. The van der Waals surface area contributed by atoms with Crippen LogP contribution >= 0.6 is 0 Å². The average molecular weight is 343 g/mol. The molecule has 3 aromatic rings. The van der Waals surface area contributed by atoms with E-state index < -0.39 is 0 Å². The molecule has 0 spiro atoms. The minimum atomic E-state index is 1.04. The van der Waals surface area contributed by atoms with Crippen LogP contribution in [0.15, 0.2) is 30.3 Å². The Bertz CT molecular complexity index is 1050. The Morgan fingerprint density at radius 1 is 1.04 bits per heavy atom. The van der Waals surface area contributed by atoms with Crippen molar-refractivity contribution in [1.82, 2.24) is 14.5 Å². The average Bonchev–Trinajstić information content (AvgIpc) is 3.14. The Balaban J connectivity index is 1.71. The van der Waals surface area contributed by atoms with E-state index in [1.165, 1.54) is 44.6 Å². The van der Waals surface area contributed by atoms with E-state index in [2.05, 4.69) is 66.9 Å². The minimum Gasteiger partial charge on any atom is -0.320 e. The first kappa shape index (κ1) is 15.8. The fraction of sp³-hybridized carbons (Fsp3) is 0.348. The second-order valence-electron chi connectivity index (χ2n) is 7.90. The predicted octanol–water partition coefficient (Wildman–Crippen LogP) is 4.59. The second kappa shape index (κ2) is 5.82. The van der Waals surface area contributed by atoms with Crippen LogP contribution in [0.2, 0.25) is 0 Å². The van der Waals surface area contributed by atoms with E-state index >= 15 is 0 Å². The molecule has 0 bridgehead atoms. The van der Waals surface area contributed by atoms with Crippen LogP contribution in [0.4, 0.5) is 0 Å². The number of pyridine rings is 1. The Kier molecular flexibility index (Phi) is 3.54. The zero-order valence-electron chi connectivity index (χ0n) is 15.8. The van der Waals surface area contributed by atoms with Gasteiger partial charge < -0.3 is 9.47 Å². The lowest BCUT2D eigenvalue weighted by Crippen LogP contribution is -2.26. The molecule has 2 aromatic heterocycles. The zero-order chi connectivity index (χ0) is 17.8. The molecule has 0 atom stereocenters. The summed E-state index contributed by atoms with van der Waals surface area (Å²) in [5.74, 6) is 0. The van der Waals surface area contributed by atoms with Gasteiger partial charge in [0.15, 0.2) is 0 Å². The fourth-order valence-corrected chi connectivity index (χ4v) is 4.56. The molecule has 0 saturated heterocycles. The van der Waals surface area contributed by atoms with Crippen LogP contribution in [0, 0.1) is 13.8 Å². The van der Waals surface area contributed by atoms with Crippen molar-refractivity contribution in [1.29, 1.82) is 0 Å². The highest BCUT2D eigenvalue weighted by atomic mass is 15.1. The summed E-state index contributed by atoms with van der Waals surface area (Å²) in [7, 11) is 2.22. The highest BCUT2D eigenvalue weighted by molar-refractivity contribution is 5.91. The Morgan fingerprint density at radius 3 is 2.81 bits per heavy atom. The molecule has 132 valence electrons. The number of aryl methyl sites for hydroxylation is 3. The normalized spacial score (nSPS) is 18.5. The number of allylic oxidation sites excluding steroid dienone is 1. The lowest BCUT2D eigenvalue weighted by Gasteiger charge is -2.23. The van der Waals surface area contributed by atoms with Crippen molar-refractivity contribution in [3.05, 3.63) is 64.1 Å². The molecule has 3 nitrogen and oxygen atoms in total. The lowest BCUT2D eigenvalue weighted by molar-refractivity contribution is 0.312. The van der Waals surface area contributed by atoms with Crippen molar-refractivity contribution >= 4 is 22.7 Å². The van der Waals surface area contributed by atoms with Gasteiger partial charge in [0.2, 0.25) is 0 Å². The van der Waals surface area contributed by atoms with Gasteiger partial charge in [-0.1, -0.05) is 17.7 Å². The third kappa shape index (κ3) is 2.42. The van der Waals surface area contributed by atoms with E-state index in [1.54, 1.807) is 0 Å². The van der Waals surface area contributed by atoms with E-state index in [0.29, 0.717) is 0 Å². The molecule has 0 N–H and O–H groups in total. The summed E-state index contributed by atoms with van der Waals surface area (Å²) in [5, 5.41) is 1.42. The summed E-state index contributed by atoms with van der Waals surface area (Å²) in [5.41, 5.74) is 10.8. The number of benzene rings is 1. The van der Waals surface area contributed by atoms with Crippen LogP contribution in [-0.2, 0) is 19.4 Å². The summed E-state index contributed by atoms with van der Waals surface area (Å²) in [6.45, 7) is 6.44. The molecule has 3 heterocycles. The standard InChI is InChI=1S/C23H25N3/c1-15-4-9-22-19(12-15)20-14-25(3)11-10-23(20)26(22)13-17-6-8-21-18(17)7-5-16(2)24-21/h4-5,7,9,12-13H,6,8,10-11,14H2,1-3H3/b17-13+. The monoisotopic (exact) mass is 343 g/mol. The SMILES string of the molecule is Cc1ccc2c(c1)c1c(n2/C=C2\CCc3nc(C)ccc32)CCN(C)C1. The highest BCUT2D eigenvalue weighted by Gasteiger charge is 2.23. The van der Waals surface area contributed by atoms with Gasteiger partial charge in [0.1, 0.15) is 0 Å². The third-order valence-electron chi connectivity index (χ3n) is 5.91. The molecule has 0 saturated carbocycles. The van der Waals surface area contributed by atoms with Crippen molar-refractivity contribution in [2.24, 2.45) is 0 Å². The van der Waals surface area contributed by atoms with E-state index in [0.717, 1.165) is 38.0 Å². The van der Waals surface area contributed by atoms with Gasteiger partial charge >= 0.3 is 0 Å². The fourth-order valence-electron chi connectivity index (χ4n) is 4.56. The number of hydrogen-bond acceptors (Lipinski definition) is 2. The first-order chi connectivity index (χ1) is 12.6. The third-order valence-corrected chi connectivity index (χ3v) is 5.91. The van der Waals surface area contributed by atoms with Gasteiger partial charge in [-0.25, -0.2) is 0 Å². The number of hydrogen-bond donors (Lipinski definition) is 0. The van der Waals surface area contributed by atoms with Gasteiger partial charge in [-0.15, -0.1) is 0 Å². The van der Waals surface area contributed by atoms with Crippen molar-refractivity contribution < 1.29 is 0 Å². The summed E-state index contributed by atoms with van der Waals surface area (Å²) in [4.78, 5) is 7.18. The van der Waals surface area contributed by atoms with E-state index in [4.69, 9.17) is 4.98 Å². The van der Waals surface area contributed by atoms with Crippen molar-refractivity contribution in [3.63, 3.8) is 0 Å². The van der Waals surface area contributed by atoms with E-state index in [9.17, 15) is 0 Å². The Labute approximate surface area is 155 Å². The topological polar surface area (TPSA) is 21.1 Å². The molecule has 5 rings (SSSR count). The predicted molar refractivity (Wildman–Crippen MR) is 108 cm³/mol. The maximum atomic E-state index is 4.75.